The number of sulfonamides is 1. The lowest BCUT2D eigenvalue weighted by Gasteiger charge is -2.31. The fraction of sp³-hybridized carbons (Fsp3) is 0.556. The van der Waals surface area contributed by atoms with Crippen LogP contribution in [0.1, 0.15) is 38.4 Å². The zero-order valence-electron chi connectivity index (χ0n) is 15.4. The first kappa shape index (κ1) is 19.8. The van der Waals surface area contributed by atoms with Gasteiger partial charge in [0, 0.05) is 19.5 Å². The molecule has 27 heavy (non-hydrogen) atoms. The SMILES string of the molecule is CCCCS(=O)(=O)N1CCC(Cc2n[nH]c(=O)n2-c2ccccc2F)CC1. The summed E-state index contributed by atoms with van der Waals surface area (Å²) in [5.41, 5.74) is -0.305. The number of benzene rings is 1. The van der Waals surface area contributed by atoms with Crippen LogP contribution in [0.5, 0.6) is 0 Å². The number of hydrogen-bond donors (Lipinski definition) is 1. The molecular weight excluding hydrogens is 371 g/mol. The van der Waals surface area contributed by atoms with Gasteiger partial charge in [-0.1, -0.05) is 25.5 Å². The number of aromatic nitrogens is 3. The number of piperidine rings is 1. The molecule has 0 atom stereocenters. The van der Waals surface area contributed by atoms with Gasteiger partial charge in [-0.05, 0) is 37.3 Å². The number of rotatable bonds is 7. The molecule has 1 aliphatic rings. The predicted octanol–water partition coefficient (Wildman–Crippen LogP) is 2.08. The average Bonchev–Trinajstić information content (AvgIpc) is 3.01. The topological polar surface area (TPSA) is 88.1 Å². The highest BCUT2D eigenvalue weighted by atomic mass is 32.2. The van der Waals surface area contributed by atoms with Gasteiger partial charge in [0.05, 0.1) is 11.4 Å². The highest BCUT2D eigenvalue weighted by molar-refractivity contribution is 7.89. The summed E-state index contributed by atoms with van der Waals surface area (Å²) in [6, 6.07) is 6.08. The Kier molecular flexibility index (Phi) is 6.11. The number of halogens is 1. The number of unbranched alkanes of at least 4 members (excludes halogenated alkanes) is 1. The first-order valence-electron chi connectivity index (χ1n) is 9.31. The van der Waals surface area contributed by atoms with E-state index in [9.17, 15) is 17.6 Å². The molecule has 0 unspecified atom stereocenters. The van der Waals surface area contributed by atoms with E-state index >= 15 is 0 Å². The van der Waals surface area contributed by atoms with Crippen molar-refractivity contribution in [3.8, 4) is 5.69 Å². The van der Waals surface area contributed by atoms with Crippen molar-refractivity contribution in [2.75, 3.05) is 18.8 Å². The summed E-state index contributed by atoms with van der Waals surface area (Å²) in [5, 5.41) is 6.46. The zero-order chi connectivity index (χ0) is 19.4. The number of hydrogen-bond acceptors (Lipinski definition) is 4. The van der Waals surface area contributed by atoms with Crippen molar-refractivity contribution in [2.24, 2.45) is 5.92 Å². The van der Waals surface area contributed by atoms with Crippen molar-refractivity contribution in [3.05, 3.63) is 46.4 Å². The van der Waals surface area contributed by atoms with Crippen LogP contribution in [0, 0.1) is 11.7 Å². The van der Waals surface area contributed by atoms with Gasteiger partial charge in [-0.3, -0.25) is 0 Å². The lowest BCUT2D eigenvalue weighted by Crippen LogP contribution is -2.40. The molecule has 0 radical (unpaired) electrons. The molecule has 0 amide bonds. The molecule has 1 N–H and O–H groups in total. The monoisotopic (exact) mass is 396 g/mol. The Morgan fingerprint density at radius 3 is 2.63 bits per heavy atom. The van der Waals surface area contributed by atoms with E-state index in [4.69, 9.17) is 0 Å². The molecule has 1 aliphatic heterocycles. The summed E-state index contributed by atoms with van der Waals surface area (Å²) in [5.74, 6) is 0.375. The third-order valence-electron chi connectivity index (χ3n) is 5.03. The predicted molar refractivity (Wildman–Crippen MR) is 101 cm³/mol. The van der Waals surface area contributed by atoms with Gasteiger partial charge in [0.15, 0.2) is 0 Å². The van der Waals surface area contributed by atoms with E-state index in [1.54, 1.807) is 22.5 Å². The van der Waals surface area contributed by atoms with E-state index in [2.05, 4.69) is 10.2 Å². The maximum absolute atomic E-state index is 14.1. The minimum absolute atomic E-state index is 0.172. The maximum Gasteiger partial charge on any atom is 0.348 e. The van der Waals surface area contributed by atoms with Gasteiger partial charge in [0.2, 0.25) is 10.0 Å². The van der Waals surface area contributed by atoms with Crippen LogP contribution in [0.3, 0.4) is 0 Å². The van der Waals surface area contributed by atoms with E-state index in [0.717, 1.165) is 6.42 Å². The summed E-state index contributed by atoms with van der Waals surface area (Å²) in [4.78, 5) is 12.1. The van der Waals surface area contributed by atoms with Crippen LogP contribution in [0.15, 0.2) is 29.1 Å². The molecule has 0 saturated carbocycles. The molecular formula is C18H25FN4O3S. The summed E-state index contributed by atoms with van der Waals surface area (Å²) in [6.07, 6.45) is 3.41. The van der Waals surface area contributed by atoms with Crippen LogP contribution in [0.4, 0.5) is 4.39 Å². The molecule has 7 nitrogen and oxygen atoms in total. The van der Waals surface area contributed by atoms with Crippen molar-refractivity contribution in [1.29, 1.82) is 0 Å². The lowest BCUT2D eigenvalue weighted by atomic mass is 9.94. The Hall–Kier alpha value is -2.00. The molecule has 2 heterocycles. The molecule has 1 fully saturated rings. The van der Waals surface area contributed by atoms with E-state index in [1.807, 2.05) is 6.92 Å². The average molecular weight is 396 g/mol. The fourth-order valence-electron chi connectivity index (χ4n) is 3.45. The van der Waals surface area contributed by atoms with Crippen LogP contribution < -0.4 is 5.69 Å². The Bertz CT molecular complexity index is 930. The van der Waals surface area contributed by atoms with Crippen molar-refractivity contribution in [2.45, 2.75) is 39.0 Å². The van der Waals surface area contributed by atoms with E-state index in [-0.39, 0.29) is 17.4 Å². The van der Waals surface area contributed by atoms with Crippen molar-refractivity contribution in [3.63, 3.8) is 0 Å². The van der Waals surface area contributed by atoms with Gasteiger partial charge < -0.3 is 0 Å². The summed E-state index contributed by atoms with van der Waals surface area (Å²) in [6.45, 7) is 2.93. The molecule has 1 aromatic carbocycles. The van der Waals surface area contributed by atoms with Crippen LogP contribution in [0.2, 0.25) is 0 Å². The molecule has 3 rings (SSSR count). The first-order chi connectivity index (χ1) is 12.9. The van der Waals surface area contributed by atoms with Crippen LogP contribution >= 0.6 is 0 Å². The standard InChI is InChI=1S/C18H25FN4O3S/c1-2-3-12-27(25,26)22-10-8-14(9-11-22)13-17-20-21-18(24)23(17)16-7-5-4-6-15(16)19/h4-7,14H,2-3,8-13H2,1H3,(H,21,24). The fourth-order valence-corrected chi connectivity index (χ4v) is 5.13. The third kappa shape index (κ3) is 4.47. The Labute approximate surface area is 158 Å². The maximum atomic E-state index is 14.1. The van der Waals surface area contributed by atoms with Crippen molar-refractivity contribution in [1.82, 2.24) is 19.1 Å². The second kappa shape index (κ2) is 8.35. The molecule has 1 saturated heterocycles. The minimum Gasteiger partial charge on any atom is -0.246 e. The smallest absolute Gasteiger partial charge is 0.246 e. The van der Waals surface area contributed by atoms with Gasteiger partial charge in [0.1, 0.15) is 11.6 Å². The van der Waals surface area contributed by atoms with Crippen molar-refractivity contribution < 1.29 is 12.8 Å². The molecule has 148 valence electrons. The second-order valence-electron chi connectivity index (χ2n) is 6.95. The van der Waals surface area contributed by atoms with E-state index in [0.29, 0.717) is 44.6 Å². The Morgan fingerprint density at radius 1 is 1.26 bits per heavy atom. The third-order valence-corrected chi connectivity index (χ3v) is 6.99. The van der Waals surface area contributed by atoms with Gasteiger partial charge >= 0.3 is 5.69 Å². The quantitative estimate of drug-likeness (QED) is 0.776. The Morgan fingerprint density at radius 2 is 1.96 bits per heavy atom. The largest absolute Gasteiger partial charge is 0.348 e. The van der Waals surface area contributed by atoms with Gasteiger partial charge in [-0.25, -0.2) is 31.6 Å². The van der Waals surface area contributed by atoms with E-state index in [1.165, 1.54) is 10.6 Å². The normalized spacial score (nSPS) is 16.7. The lowest BCUT2D eigenvalue weighted by molar-refractivity contribution is 0.269. The number of aromatic amines is 1. The molecule has 0 bridgehead atoms. The Balaban J connectivity index is 1.69. The molecule has 0 aliphatic carbocycles. The van der Waals surface area contributed by atoms with Gasteiger partial charge in [0.25, 0.3) is 0 Å². The number of H-pyrrole nitrogens is 1. The van der Waals surface area contributed by atoms with Gasteiger partial charge in [-0.2, -0.15) is 5.10 Å². The summed E-state index contributed by atoms with van der Waals surface area (Å²) in [7, 11) is -3.19. The van der Waals surface area contributed by atoms with Crippen LogP contribution in [-0.2, 0) is 16.4 Å². The highest BCUT2D eigenvalue weighted by Crippen LogP contribution is 2.24. The zero-order valence-corrected chi connectivity index (χ0v) is 16.2. The molecule has 1 aromatic heterocycles. The van der Waals surface area contributed by atoms with Crippen molar-refractivity contribution >= 4 is 10.0 Å². The number of nitrogens with zero attached hydrogens (tertiary/aromatic N) is 3. The second-order valence-corrected chi connectivity index (χ2v) is 9.04. The van der Waals surface area contributed by atoms with Crippen LogP contribution in [0.25, 0.3) is 5.69 Å². The molecule has 9 heteroatoms. The van der Waals surface area contributed by atoms with Gasteiger partial charge in [-0.15, -0.1) is 0 Å². The minimum atomic E-state index is -3.19. The molecule has 2 aromatic rings. The van der Waals surface area contributed by atoms with Crippen LogP contribution in [-0.4, -0.2) is 46.3 Å². The summed E-state index contributed by atoms with van der Waals surface area (Å²) < 4.78 is 41.5. The highest BCUT2D eigenvalue weighted by Gasteiger charge is 2.28. The van der Waals surface area contributed by atoms with E-state index < -0.39 is 21.5 Å². The first-order valence-corrected chi connectivity index (χ1v) is 10.9. The molecule has 0 spiro atoms. The number of para-hydroxylation sites is 1. The number of nitrogens with one attached hydrogen (secondary N) is 1. The summed E-state index contributed by atoms with van der Waals surface area (Å²) >= 11 is 0.